The molecule has 0 fully saturated rings. The zero-order valence-corrected chi connectivity index (χ0v) is 10.7. The average molecular weight is 250 g/mol. The molecule has 5 nitrogen and oxygen atoms in total. The number of hydrogen-bond acceptors (Lipinski definition) is 4. The van der Waals surface area contributed by atoms with E-state index in [2.05, 4.69) is 0 Å². The fourth-order valence-electron chi connectivity index (χ4n) is 1.80. The molecule has 0 saturated carbocycles. The third kappa shape index (κ3) is 2.73. The monoisotopic (exact) mass is 250 g/mol. The van der Waals surface area contributed by atoms with Crippen molar-refractivity contribution in [3.8, 4) is 11.5 Å². The van der Waals surface area contributed by atoms with E-state index in [1.54, 1.807) is 11.9 Å². The van der Waals surface area contributed by atoms with Crippen LogP contribution >= 0.6 is 0 Å². The lowest BCUT2D eigenvalue weighted by molar-refractivity contribution is -0.118. The Morgan fingerprint density at radius 1 is 1.39 bits per heavy atom. The Hall–Kier alpha value is -1.75. The standard InChI is InChI=1S/C13H18N2O3/c1-9(14)7-13(16)15(2)10-3-4-11-12(8-10)18-6-5-17-11/h3-4,8-9H,5-7,14H2,1-2H3. The molecule has 0 saturated heterocycles. The molecule has 1 aliphatic heterocycles. The molecule has 1 unspecified atom stereocenters. The molecule has 1 amide bonds. The van der Waals surface area contributed by atoms with E-state index in [1.165, 1.54) is 0 Å². The number of carbonyl (C=O) groups is 1. The smallest absolute Gasteiger partial charge is 0.228 e. The van der Waals surface area contributed by atoms with Gasteiger partial charge in [0.25, 0.3) is 0 Å². The number of hydrogen-bond donors (Lipinski definition) is 1. The predicted octanol–water partition coefficient (Wildman–Crippen LogP) is 1.16. The van der Waals surface area contributed by atoms with Gasteiger partial charge < -0.3 is 20.1 Å². The number of rotatable bonds is 3. The Morgan fingerprint density at radius 2 is 2.06 bits per heavy atom. The largest absolute Gasteiger partial charge is 0.486 e. The summed E-state index contributed by atoms with van der Waals surface area (Å²) >= 11 is 0. The Bertz CT molecular complexity index is 446. The molecule has 1 aromatic rings. The van der Waals surface area contributed by atoms with Crippen molar-refractivity contribution >= 4 is 11.6 Å². The van der Waals surface area contributed by atoms with Gasteiger partial charge in [0.2, 0.25) is 5.91 Å². The summed E-state index contributed by atoms with van der Waals surface area (Å²) < 4.78 is 10.9. The van der Waals surface area contributed by atoms with E-state index in [0.717, 1.165) is 11.4 Å². The number of carbonyl (C=O) groups excluding carboxylic acids is 1. The summed E-state index contributed by atoms with van der Waals surface area (Å²) in [7, 11) is 1.73. The van der Waals surface area contributed by atoms with Gasteiger partial charge in [-0.05, 0) is 19.1 Å². The number of nitrogens with zero attached hydrogens (tertiary/aromatic N) is 1. The van der Waals surface area contributed by atoms with Crippen molar-refractivity contribution in [1.82, 2.24) is 0 Å². The molecular formula is C13H18N2O3. The van der Waals surface area contributed by atoms with Crippen molar-refractivity contribution in [2.75, 3.05) is 25.2 Å². The molecule has 0 aliphatic carbocycles. The van der Waals surface area contributed by atoms with Crippen LogP contribution in [0.15, 0.2) is 18.2 Å². The maximum atomic E-state index is 11.9. The number of ether oxygens (including phenoxy) is 2. The van der Waals surface area contributed by atoms with Crippen LogP contribution in [0.3, 0.4) is 0 Å². The van der Waals surface area contributed by atoms with Crippen molar-refractivity contribution in [3.05, 3.63) is 18.2 Å². The summed E-state index contributed by atoms with van der Waals surface area (Å²) in [5.41, 5.74) is 6.41. The van der Waals surface area contributed by atoms with Crippen LogP contribution in [0, 0.1) is 0 Å². The molecule has 0 bridgehead atoms. The van der Waals surface area contributed by atoms with Gasteiger partial charge in [0, 0.05) is 31.3 Å². The van der Waals surface area contributed by atoms with Crippen LogP contribution in [0.1, 0.15) is 13.3 Å². The predicted molar refractivity (Wildman–Crippen MR) is 69.1 cm³/mol. The van der Waals surface area contributed by atoms with Gasteiger partial charge in [-0.2, -0.15) is 0 Å². The third-order valence-corrected chi connectivity index (χ3v) is 2.78. The lowest BCUT2D eigenvalue weighted by Gasteiger charge is -2.22. The minimum Gasteiger partial charge on any atom is -0.486 e. The maximum absolute atomic E-state index is 11.9. The topological polar surface area (TPSA) is 64.8 Å². The highest BCUT2D eigenvalue weighted by molar-refractivity contribution is 5.93. The summed E-state index contributed by atoms with van der Waals surface area (Å²) in [5, 5.41) is 0. The second-order valence-corrected chi connectivity index (χ2v) is 4.46. The van der Waals surface area contributed by atoms with Crippen molar-refractivity contribution in [2.24, 2.45) is 5.73 Å². The minimum absolute atomic E-state index is 0.0123. The molecule has 1 heterocycles. The van der Waals surface area contributed by atoms with Gasteiger partial charge in [-0.1, -0.05) is 0 Å². The minimum atomic E-state index is -0.142. The number of amides is 1. The van der Waals surface area contributed by atoms with Gasteiger partial charge in [-0.3, -0.25) is 4.79 Å². The van der Waals surface area contributed by atoms with Crippen LogP contribution in [0.2, 0.25) is 0 Å². The first-order valence-electron chi connectivity index (χ1n) is 5.99. The first-order chi connectivity index (χ1) is 8.58. The summed E-state index contributed by atoms with van der Waals surface area (Å²) in [4.78, 5) is 13.5. The zero-order chi connectivity index (χ0) is 13.1. The Labute approximate surface area is 106 Å². The Balaban J connectivity index is 2.15. The third-order valence-electron chi connectivity index (χ3n) is 2.78. The molecule has 0 spiro atoms. The lowest BCUT2D eigenvalue weighted by atomic mass is 10.2. The fraction of sp³-hybridized carbons (Fsp3) is 0.462. The van der Waals surface area contributed by atoms with Gasteiger partial charge >= 0.3 is 0 Å². The van der Waals surface area contributed by atoms with Crippen molar-refractivity contribution in [1.29, 1.82) is 0 Å². The molecule has 5 heteroatoms. The summed E-state index contributed by atoms with van der Waals surface area (Å²) in [5.74, 6) is 1.39. The van der Waals surface area contributed by atoms with Gasteiger partial charge in [0.05, 0.1) is 0 Å². The Kier molecular flexibility index (Phi) is 3.72. The maximum Gasteiger partial charge on any atom is 0.228 e. The Morgan fingerprint density at radius 3 is 2.72 bits per heavy atom. The van der Waals surface area contributed by atoms with E-state index in [-0.39, 0.29) is 11.9 Å². The highest BCUT2D eigenvalue weighted by Crippen LogP contribution is 2.33. The van der Waals surface area contributed by atoms with Crippen LogP contribution in [-0.2, 0) is 4.79 Å². The van der Waals surface area contributed by atoms with E-state index >= 15 is 0 Å². The summed E-state index contributed by atoms with van der Waals surface area (Å²) in [6.45, 7) is 2.91. The van der Waals surface area contributed by atoms with Crippen LogP contribution in [0.4, 0.5) is 5.69 Å². The molecule has 2 rings (SSSR count). The second kappa shape index (κ2) is 5.27. The second-order valence-electron chi connectivity index (χ2n) is 4.46. The average Bonchev–Trinajstić information content (AvgIpc) is 2.36. The molecule has 2 N–H and O–H groups in total. The highest BCUT2D eigenvalue weighted by atomic mass is 16.6. The number of fused-ring (bicyclic) bond motifs is 1. The highest BCUT2D eigenvalue weighted by Gasteiger charge is 2.17. The quantitative estimate of drug-likeness (QED) is 0.874. The number of benzene rings is 1. The molecular weight excluding hydrogens is 232 g/mol. The first kappa shape index (κ1) is 12.7. The first-order valence-corrected chi connectivity index (χ1v) is 5.99. The zero-order valence-electron chi connectivity index (χ0n) is 10.7. The van der Waals surface area contributed by atoms with Gasteiger partial charge in [0.1, 0.15) is 13.2 Å². The van der Waals surface area contributed by atoms with Gasteiger partial charge in [-0.25, -0.2) is 0 Å². The van der Waals surface area contributed by atoms with E-state index in [9.17, 15) is 4.79 Å². The van der Waals surface area contributed by atoms with E-state index in [0.29, 0.717) is 25.4 Å². The van der Waals surface area contributed by atoms with Crippen molar-refractivity contribution in [3.63, 3.8) is 0 Å². The molecule has 0 radical (unpaired) electrons. The normalized spacial score (nSPS) is 15.1. The molecule has 0 aromatic heterocycles. The molecule has 98 valence electrons. The number of nitrogens with two attached hydrogens (primary N) is 1. The van der Waals surface area contributed by atoms with Crippen LogP contribution in [0.5, 0.6) is 11.5 Å². The van der Waals surface area contributed by atoms with Crippen molar-refractivity contribution in [2.45, 2.75) is 19.4 Å². The number of anilines is 1. The van der Waals surface area contributed by atoms with Crippen LogP contribution < -0.4 is 20.1 Å². The molecule has 1 aliphatic rings. The van der Waals surface area contributed by atoms with Gasteiger partial charge in [0.15, 0.2) is 11.5 Å². The van der Waals surface area contributed by atoms with Crippen LogP contribution in [0.25, 0.3) is 0 Å². The SMILES string of the molecule is CC(N)CC(=O)N(C)c1ccc2c(c1)OCCO2. The van der Waals surface area contributed by atoms with Crippen LogP contribution in [-0.4, -0.2) is 32.2 Å². The molecule has 18 heavy (non-hydrogen) atoms. The molecule has 1 atom stereocenters. The lowest BCUT2D eigenvalue weighted by Crippen LogP contribution is -2.31. The summed E-state index contributed by atoms with van der Waals surface area (Å²) in [6, 6.07) is 5.33. The van der Waals surface area contributed by atoms with E-state index < -0.39 is 0 Å². The van der Waals surface area contributed by atoms with E-state index in [4.69, 9.17) is 15.2 Å². The van der Waals surface area contributed by atoms with E-state index in [1.807, 2.05) is 25.1 Å². The van der Waals surface area contributed by atoms with Gasteiger partial charge in [-0.15, -0.1) is 0 Å². The van der Waals surface area contributed by atoms with Crippen molar-refractivity contribution < 1.29 is 14.3 Å². The molecule has 1 aromatic carbocycles. The fourth-order valence-corrected chi connectivity index (χ4v) is 1.80. The summed E-state index contributed by atoms with van der Waals surface area (Å²) in [6.07, 6.45) is 0.324.